The van der Waals surface area contributed by atoms with E-state index in [4.69, 9.17) is 0 Å². The van der Waals surface area contributed by atoms with E-state index in [1.165, 1.54) is 6.92 Å². The maximum Gasteiger partial charge on any atom is 0.238 e. The van der Waals surface area contributed by atoms with Crippen LogP contribution < -0.4 is 10.6 Å². The first-order valence-corrected chi connectivity index (χ1v) is 10.1. The summed E-state index contributed by atoms with van der Waals surface area (Å²) < 4.78 is 0. The van der Waals surface area contributed by atoms with Crippen molar-refractivity contribution in [3.05, 3.63) is 58.7 Å². The number of hydrogen-bond acceptors (Lipinski definition) is 4. The second kappa shape index (κ2) is 5.58. The summed E-state index contributed by atoms with van der Waals surface area (Å²) in [7, 11) is 0. The first-order chi connectivity index (χ1) is 14.1. The van der Waals surface area contributed by atoms with Crippen LogP contribution in [0.1, 0.15) is 42.5 Å². The highest BCUT2D eigenvalue weighted by Gasteiger charge is 2.78. The van der Waals surface area contributed by atoms with Crippen molar-refractivity contribution in [1.29, 1.82) is 0 Å². The number of rotatable bonds is 1. The van der Waals surface area contributed by atoms with Crippen molar-refractivity contribution in [3.8, 4) is 0 Å². The normalized spacial score (nSPS) is 33.6. The van der Waals surface area contributed by atoms with Crippen LogP contribution in [0.2, 0.25) is 0 Å². The molecule has 154 valence electrons. The maximum absolute atomic E-state index is 13.6. The van der Waals surface area contributed by atoms with Crippen LogP contribution in [0.25, 0.3) is 0 Å². The minimum absolute atomic E-state index is 0.0205. The molecule has 6 nitrogen and oxygen atoms in total. The average Bonchev–Trinajstić information content (AvgIpc) is 3.17. The quantitative estimate of drug-likeness (QED) is 0.681. The lowest BCUT2D eigenvalue weighted by molar-refractivity contribution is -0.139. The van der Waals surface area contributed by atoms with Gasteiger partial charge >= 0.3 is 0 Å². The summed E-state index contributed by atoms with van der Waals surface area (Å²) in [5, 5.41) is 17.6. The third-order valence-corrected chi connectivity index (χ3v) is 7.32. The summed E-state index contributed by atoms with van der Waals surface area (Å²) >= 11 is 0. The summed E-state index contributed by atoms with van der Waals surface area (Å²) in [6.45, 7) is 6.82. The number of nitrogens with one attached hydrogen (secondary N) is 2. The molecule has 3 aliphatic rings. The summed E-state index contributed by atoms with van der Waals surface area (Å²) in [6, 6.07) is 11.1. The Morgan fingerprint density at radius 2 is 1.50 bits per heavy atom. The van der Waals surface area contributed by atoms with Gasteiger partial charge in [0.05, 0.1) is 16.9 Å². The third-order valence-electron chi connectivity index (χ3n) is 7.32. The molecule has 0 unspecified atom stereocenters. The number of fused-ring (bicyclic) bond motifs is 4. The van der Waals surface area contributed by atoms with E-state index in [0.29, 0.717) is 22.5 Å². The van der Waals surface area contributed by atoms with E-state index >= 15 is 0 Å². The standard InChI is InChI=1S/C24H24N2O4/c1-12-5-7-17-15(9-12)23(20(28)25-17)11-22(4,30)24(19(23)14(3)27)16-10-13(2)6-8-18(16)26-21(24)29/h5-10,19,30H,11H2,1-4H3,(H,25,28)(H,26,29)/t19-,22-,23-,24+/m0/s1. The van der Waals surface area contributed by atoms with Gasteiger partial charge < -0.3 is 15.7 Å². The number of anilines is 2. The Bertz CT molecular complexity index is 1170. The van der Waals surface area contributed by atoms with Crippen LogP contribution >= 0.6 is 0 Å². The molecular weight excluding hydrogens is 380 g/mol. The van der Waals surface area contributed by atoms with Crippen LogP contribution in [0.3, 0.4) is 0 Å². The second-order valence-corrected chi connectivity index (χ2v) is 9.28. The topological polar surface area (TPSA) is 95.5 Å². The molecule has 2 aromatic carbocycles. The van der Waals surface area contributed by atoms with Crippen molar-refractivity contribution >= 4 is 29.0 Å². The van der Waals surface area contributed by atoms with Gasteiger partial charge in [0.15, 0.2) is 0 Å². The van der Waals surface area contributed by atoms with Gasteiger partial charge in [-0.15, -0.1) is 0 Å². The molecular formula is C24H24N2O4. The molecule has 2 aromatic rings. The number of benzene rings is 2. The zero-order chi connectivity index (χ0) is 21.6. The number of carbonyl (C=O) groups excluding carboxylic acids is 3. The zero-order valence-electron chi connectivity index (χ0n) is 17.4. The fraction of sp³-hybridized carbons (Fsp3) is 0.375. The molecule has 2 spiro atoms. The molecule has 1 aliphatic carbocycles. The Labute approximate surface area is 174 Å². The number of ketones is 1. The van der Waals surface area contributed by atoms with Gasteiger partial charge in [-0.3, -0.25) is 14.4 Å². The second-order valence-electron chi connectivity index (χ2n) is 9.28. The van der Waals surface area contributed by atoms with Gasteiger partial charge in [0.25, 0.3) is 0 Å². The molecule has 0 bridgehead atoms. The van der Waals surface area contributed by atoms with Gasteiger partial charge in [0.1, 0.15) is 11.2 Å². The van der Waals surface area contributed by atoms with Crippen molar-refractivity contribution in [2.24, 2.45) is 5.92 Å². The third kappa shape index (κ3) is 1.95. The predicted molar refractivity (Wildman–Crippen MR) is 112 cm³/mol. The fourth-order valence-electron chi connectivity index (χ4n) is 6.33. The van der Waals surface area contributed by atoms with E-state index in [1.54, 1.807) is 13.0 Å². The van der Waals surface area contributed by atoms with Crippen LogP contribution in [0.15, 0.2) is 36.4 Å². The van der Waals surface area contributed by atoms with Crippen molar-refractivity contribution in [2.75, 3.05) is 10.6 Å². The molecule has 0 radical (unpaired) electrons. The number of amides is 2. The molecule has 1 saturated carbocycles. The molecule has 2 aliphatic heterocycles. The summed E-state index contributed by atoms with van der Waals surface area (Å²) in [5.41, 5.74) is -0.153. The first-order valence-electron chi connectivity index (χ1n) is 10.1. The van der Waals surface area contributed by atoms with E-state index < -0.39 is 28.3 Å². The highest BCUT2D eigenvalue weighted by molar-refractivity contribution is 6.16. The Morgan fingerprint density at radius 3 is 2.10 bits per heavy atom. The van der Waals surface area contributed by atoms with Crippen molar-refractivity contribution in [2.45, 2.75) is 50.5 Å². The highest BCUT2D eigenvalue weighted by Crippen LogP contribution is 2.67. The zero-order valence-corrected chi connectivity index (χ0v) is 17.4. The highest BCUT2D eigenvalue weighted by atomic mass is 16.3. The number of aliphatic hydroxyl groups is 1. The van der Waals surface area contributed by atoms with E-state index in [1.807, 2.05) is 44.2 Å². The average molecular weight is 404 g/mol. The van der Waals surface area contributed by atoms with Crippen LogP contribution in [0.5, 0.6) is 0 Å². The minimum atomic E-state index is -1.62. The predicted octanol–water partition coefficient (Wildman–Crippen LogP) is 2.74. The Hall–Kier alpha value is -2.99. The Kier molecular flexibility index (Phi) is 3.53. The Balaban J connectivity index is 1.89. The van der Waals surface area contributed by atoms with Crippen LogP contribution in [0.4, 0.5) is 11.4 Å². The largest absolute Gasteiger partial charge is 0.389 e. The molecule has 0 saturated heterocycles. The first kappa shape index (κ1) is 19.0. The maximum atomic E-state index is 13.6. The van der Waals surface area contributed by atoms with E-state index in [2.05, 4.69) is 10.6 Å². The van der Waals surface area contributed by atoms with Gasteiger partial charge in [-0.2, -0.15) is 0 Å². The van der Waals surface area contributed by atoms with Crippen LogP contribution in [-0.4, -0.2) is 28.3 Å². The van der Waals surface area contributed by atoms with Gasteiger partial charge in [0, 0.05) is 11.4 Å². The van der Waals surface area contributed by atoms with E-state index in [0.717, 1.165) is 11.1 Å². The molecule has 2 amide bonds. The lowest BCUT2D eigenvalue weighted by atomic mass is 9.60. The van der Waals surface area contributed by atoms with Crippen LogP contribution in [0, 0.1) is 19.8 Å². The number of aryl methyl sites for hydroxylation is 2. The van der Waals surface area contributed by atoms with Gasteiger partial charge in [0.2, 0.25) is 11.8 Å². The number of hydrogen-bond donors (Lipinski definition) is 3. The molecule has 6 heteroatoms. The van der Waals surface area contributed by atoms with Crippen molar-refractivity contribution < 1.29 is 19.5 Å². The molecule has 3 N–H and O–H groups in total. The molecule has 0 aromatic heterocycles. The van der Waals surface area contributed by atoms with E-state index in [-0.39, 0.29) is 18.1 Å². The Morgan fingerprint density at radius 1 is 0.967 bits per heavy atom. The smallest absolute Gasteiger partial charge is 0.238 e. The lowest BCUT2D eigenvalue weighted by Gasteiger charge is -2.39. The lowest BCUT2D eigenvalue weighted by Crippen LogP contribution is -2.57. The summed E-state index contributed by atoms with van der Waals surface area (Å²) in [6.07, 6.45) is -0.0205. The van der Waals surface area contributed by atoms with Crippen molar-refractivity contribution in [1.82, 2.24) is 0 Å². The molecule has 5 rings (SSSR count). The summed E-state index contributed by atoms with van der Waals surface area (Å²) in [5.74, 6) is -2.10. The monoisotopic (exact) mass is 404 g/mol. The molecule has 2 heterocycles. The van der Waals surface area contributed by atoms with Gasteiger partial charge in [-0.25, -0.2) is 0 Å². The molecule has 4 atom stereocenters. The fourth-order valence-corrected chi connectivity index (χ4v) is 6.33. The van der Waals surface area contributed by atoms with Crippen LogP contribution in [-0.2, 0) is 25.2 Å². The van der Waals surface area contributed by atoms with Gasteiger partial charge in [-0.1, -0.05) is 35.4 Å². The summed E-state index contributed by atoms with van der Waals surface area (Å²) in [4.78, 5) is 40.3. The van der Waals surface area contributed by atoms with E-state index in [9.17, 15) is 19.5 Å². The number of Topliss-reactive ketones (excluding diaryl/α,β-unsaturated/α-hetero) is 1. The van der Waals surface area contributed by atoms with Crippen molar-refractivity contribution in [3.63, 3.8) is 0 Å². The molecule has 1 fully saturated rings. The molecule has 30 heavy (non-hydrogen) atoms. The minimum Gasteiger partial charge on any atom is -0.389 e. The van der Waals surface area contributed by atoms with Gasteiger partial charge in [-0.05, 0) is 57.4 Å². The SMILES string of the molecule is CC(=O)[C@H]1[C@@]2(C[C@](C)(O)[C@@]13C(=O)Nc1ccc(C)cc13)C(=O)Nc1ccc(C)cc12. The number of carbonyl (C=O) groups is 3.